The second-order valence-electron chi connectivity index (χ2n) is 5.41. The van der Waals surface area contributed by atoms with Gasteiger partial charge in [0.2, 0.25) is 11.8 Å². The monoisotopic (exact) mass is 406 g/mol. The van der Waals surface area contributed by atoms with Gasteiger partial charge in [-0.25, -0.2) is 0 Å². The van der Waals surface area contributed by atoms with Gasteiger partial charge in [-0.15, -0.1) is 11.8 Å². The summed E-state index contributed by atoms with van der Waals surface area (Å²) in [6, 6.07) is 13.3. The summed E-state index contributed by atoms with van der Waals surface area (Å²) in [7, 11) is 0. The largest absolute Gasteiger partial charge is 0.325 e. The number of nitrogens with one attached hydrogen (secondary N) is 2. The Morgan fingerprint density at radius 3 is 2.25 bits per heavy atom. The highest BCUT2D eigenvalue weighted by Crippen LogP contribution is 2.20. The molecule has 4 nitrogen and oxygen atoms in total. The van der Waals surface area contributed by atoms with E-state index in [9.17, 15) is 9.59 Å². The van der Waals surface area contributed by atoms with E-state index in [1.54, 1.807) is 0 Å². The molecule has 2 amide bonds. The minimum atomic E-state index is -0.121. The van der Waals surface area contributed by atoms with Gasteiger partial charge in [0.25, 0.3) is 0 Å². The number of aryl methyl sites for hydroxylation is 2. The van der Waals surface area contributed by atoms with Crippen molar-refractivity contribution in [1.82, 2.24) is 0 Å². The second kappa shape index (κ2) is 8.89. The predicted octanol–water partition coefficient (Wildman–Crippen LogP) is 4.38. The SMILES string of the molecule is Cc1ccc(NC(=O)CSCC(=O)Nc2cc(Br)ccc2C)cc1. The van der Waals surface area contributed by atoms with Gasteiger partial charge in [-0.1, -0.05) is 39.7 Å². The molecule has 0 aliphatic heterocycles. The molecule has 0 bridgehead atoms. The van der Waals surface area contributed by atoms with E-state index in [0.717, 1.165) is 27.0 Å². The number of hydrogen-bond donors (Lipinski definition) is 2. The number of benzene rings is 2. The lowest BCUT2D eigenvalue weighted by atomic mass is 10.2. The Labute approximate surface area is 154 Å². The van der Waals surface area contributed by atoms with Crippen LogP contribution in [-0.2, 0) is 9.59 Å². The summed E-state index contributed by atoms with van der Waals surface area (Å²) >= 11 is 4.67. The van der Waals surface area contributed by atoms with Crippen LogP contribution in [-0.4, -0.2) is 23.3 Å². The zero-order valence-electron chi connectivity index (χ0n) is 13.6. The molecule has 6 heteroatoms. The third-order valence-corrected chi connectivity index (χ3v) is 4.70. The molecule has 0 aliphatic rings. The molecule has 2 aromatic rings. The molecule has 2 rings (SSSR count). The van der Waals surface area contributed by atoms with E-state index in [4.69, 9.17) is 0 Å². The van der Waals surface area contributed by atoms with Crippen molar-refractivity contribution in [3.63, 3.8) is 0 Å². The van der Waals surface area contributed by atoms with Crippen molar-refractivity contribution in [3.8, 4) is 0 Å². The van der Waals surface area contributed by atoms with Crippen LogP contribution in [0.3, 0.4) is 0 Å². The van der Waals surface area contributed by atoms with Crippen LogP contribution in [0.4, 0.5) is 11.4 Å². The number of halogens is 1. The van der Waals surface area contributed by atoms with Crippen molar-refractivity contribution >= 4 is 50.9 Å². The number of anilines is 2. The maximum atomic E-state index is 12.0. The second-order valence-corrected chi connectivity index (χ2v) is 7.32. The topological polar surface area (TPSA) is 58.2 Å². The van der Waals surface area contributed by atoms with Gasteiger partial charge in [0.15, 0.2) is 0 Å². The number of rotatable bonds is 6. The highest BCUT2D eigenvalue weighted by molar-refractivity contribution is 9.10. The number of carbonyl (C=O) groups is 2. The number of hydrogen-bond acceptors (Lipinski definition) is 3. The molecule has 0 aromatic heterocycles. The summed E-state index contributed by atoms with van der Waals surface area (Å²) in [4.78, 5) is 23.8. The van der Waals surface area contributed by atoms with Crippen LogP contribution in [0, 0.1) is 13.8 Å². The van der Waals surface area contributed by atoms with Crippen molar-refractivity contribution in [2.45, 2.75) is 13.8 Å². The zero-order chi connectivity index (χ0) is 17.5. The normalized spacial score (nSPS) is 10.3. The lowest BCUT2D eigenvalue weighted by Crippen LogP contribution is -2.18. The fraction of sp³-hybridized carbons (Fsp3) is 0.222. The lowest BCUT2D eigenvalue weighted by molar-refractivity contribution is -0.114. The molecular formula is C18H19BrN2O2S. The molecule has 126 valence electrons. The van der Waals surface area contributed by atoms with E-state index in [2.05, 4.69) is 26.6 Å². The summed E-state index contributed by atoms with van der Waals surface area (Å²) in [6.45, 7) is 3.93. The maximum Gasteiger partial charge on any atom is 0.234 e. The van der Waals surface area contributed by atoms with Crippen LogP contribution in [0.5, 0.6) is 0 Å². The van der Waals surface area contributed by atoms with Crippen molar-refractivity contribution in [2.75, 3.05) is 22.1 Å². The molecule has 0 saturated heterocycles. The van der Waals surface area contributed by atoms with Crippen molar-refractivity contribution < 1.29 is 9.59 Å². The highest BCUT2D eigenvalue weighted by Gasteiger charge is 2.08. The van der Waals surface area contributed by atoms with Gasteiger partial charge < -0.3 is 10.6 Å². The Bertz CT molecular complexity index is 732. The Morgan fingerprint density at radius 2 is 1.58 bits per heavy atom. The van der Waals surface area contributed by atoms with E-state index in [0.29, 0.717) is 0 Å². The Balaban J connectivity index is 1.75. The molecule has 0 spiro atoms. The highest BCUT2D eigenvalue weighted by atomic mass is 79.9. The molecule has 2 aromatic carbocycles. The molecule has 24 heavy (non-hydrogen) atoms. The quantitative estimate of drug-likeness (QED) is 0.748. The van der Waals surface area contributed by atoms with E-state index in [-0.39, 0.29) is 23.3 Å². The molecule has 0 atom stereocenters. The van der Waals surface area contributed by atoms with Gasteiger partial charge in [0.05, 0.1) is 11.5 Å². The number of amides is 2. The molecule has 0 unspecified atom stereocenters. The number of thioether (sulfide) groups is 1. The minimum Gasteiger partial charge on any atom is -0.325 e. The Kier molecular flexibility index (Phi) is 6.87. The molecule has 0 heterocycles. The van der Waals surface area contributed by atoms with E-state index < -0.39 is 0 Å². The summed E-state index contributed by atoms with van der Waals surface area (Å²) in [5.41, 5.74) is 3.68. The average Bonchev–Trinajstić information content (AvgIpc) is 2.53. The first kappa shape index (κ1) is 18.5. The van der Waals surface area contributed by atoms with Gasteiger partial charge >= 0.3 is 0 Å². The Morgan fingerprint density at radius 1 is 0.958 bits per heavy atom. The van der Waals surface area contributed by atoms with E-state index in [1.165, 1.54) is 11.8 Å². The Hall–Kier alpha value is -1.79. The maximum absolute atomic E-state index is 12.0. The van der Waals surface area contributed by atoms with E-state index >= 15 is 0 Å². The molecule has 0 aliphatic carbocycles. The summed E-state index contributed by atoms with van der Waals surface area (Å²) in [6.07, 6.45) is 0. The fourth-order valence-corrected chi connectivity index (χ4v) is 2.96. The van der Waals surface area contributed by atoms with Gasteiger partial charge in [-0.3, -0.25) is 9.59 Å². The van der Waals surface area contributed by atoms with Crippen LogP contribution in [0.2, 0.25) is 0 Å². The predicted molar refractivity (Wildman–Crippen MR) is 105 cm³/mol. The van der Waals surface area contributed by atoms with Crippen LogP contribution >= 0.6 is 27.7 Å². The van der Waals surface area contributed by atoms with Crippen LogP contribution in [0.15, 0.2) is 46.9 Å². The van der Waals surface area contributed by atoms with Crippen molar-refractivity contribution in [1.29, 1.82) is 0 Å². The smallest absolute Gasteiger partial charge is 0.234 e. The van der Waals surface area contributed by atoms with Crippen LogP contribution in [0.1, 0.15) is 11.1 Å². The van der Waals surface area contributed by atoms with Gasteiger partial charge in [0.1, 0.15) is 0 Å². The number of carbonyl (C=O) groups excluding carboxylic acids is 2. The minimum absolute atomic E-state index is 0.115. The first-order chi connectivity index (χ1) is 11.4. The molecular weight excluding hydrogens is 388 g/mol. The summed E-state index contributed by atoms with van der Waals surface area (Å²) < 4.78 is 0.911. The van der Waals surface area contributed by atoms with Crippen molar-refractivity contribution in [2.24, 2.45) is 0 Å². The molecule has 2 N–H and O–H groups in total. The third kappa shape index (κ3) is 6.02. The van der Waals surface area contributed by atoms with Gasteiger partial charge in [0, 0.05) is 15.8 Å². The first-order valence-electron chi connectivity index (χ1n) is 7.44. The first-order valence-corrected chi connectivity index (χ1v) is 9.39. The van der Waals surface area contributed by atoms with Crippen LogP contribution < -0.4 is 10.6 Å². The van der Waals surface area contributed by atoms with Crippen molar-refractivity contribution in [3.05, 3.63) is 58.1 Å². The lowest BCUT2D eigenvalue weighted by Gasteiger charge is -2.09. The van der Waals surface area contributed by atoms with Gasteiger partial charge in [-0.05, 0) is 43.7 Å². The zero-order valence-corrected chi connectivity index (χ0v) is 16.0. The van der Waals surface area contributed by atoms with Crippen LogP contribution in [0.25, 0.3) is 0 Å². The summed E-state index contributed by atoms with van der Waals surface area (Å²) in [5.74, 6) is 0.228. The molecule has 0 saturated carbocycles. The molecule has 0 fully saturated rings. The average molecular weight is 407 g/mol. The summed E-state index contributed by atoms with van der Waals surface area (Å²) in [5, 5.41) is 5.67. The third-order valence-electron chi connectivity index (χ3n) is 3.28. The fourth-order valence-electron chi connectivity index (χ4n) is 1.99. The van der Waals surface area contributed by atoms with E-state index in [1.807, 2.05) is 56.3 Å². The molecule has 0 radical (unpaired) electrons. The standard InChI is InChI=1S/C18H19BrN2O2S/c1-12-3-7-15(8-4-12)20-17(22)10-24-11-18(23)21-16-9-14(19)6-5-13(16)2/h3-9H,10-11H2,1-2H3,(H,20,22)(H,21,23). The van der Waals surface area contributed by atoms with Gasteiger partial charge in [-0.2, -0.15) is 0 Å².